The van der Waals surface area contributed by atoms with Crippen LogP contribution < -0.4 is 0 Å². The average molecular weight is 332 g/mol. The quantitative estimate of drug-likeness (QED) is 0.563. The normalized spacial score (nSPS) is 8.40. The molecule has 0 saturated carbocycles. The molecule has 0 aromatic heterocycles. The first-order valence-corrected chi connectivity index (χ1v) is 7.94. The van der Waals surface area contributed by atoms with Crippen LogP contribution in [0.4, 0.5) is 0 Å². The van der Waals surface area contributed by atoms with Crippen LogP contribution in [0.2, 0.25) is 0 Å². The van der Waals surface area contributed by atoms with Crippen molar-refractivity contribution in [1.82, 2.24) is 0 Å². The molecule has 5 heavy (non-hydrogen) atoms. The molecule has 0 saturated heterocycles. The van der Waals surface area contributed by atoms with Gasteiger partial charge in [-0.05, 0) is 42.4 Å². The molecule has 0 fully saturated rings. The van der Waals surface area contributed by atoms with Crippen molar-refractivity contribution >= 4 is 60.3 Å². The van der Waals surface area contributed by atoms with Gasteiger partial charge < -0.3 is 0 Å². The highest BCUT2D eigenvalue weighted by Gasteiger charge is 1.72. The fourth-order valence-electron chi connectivity index (χ4n) is 0.0168. The lowest BCUT2D eigenvalue weighted by molar-refractivity contribution is 2.36. The Balaban J connectivity index is 2.19. The zero-order chi connectivity index (χ0) is 4.12. The van der Waals surface area contributed by atoms with Crippen molar-refractivity contribution in [2.24, 2.45) is 0 Å². The van der Waals surface area contributed by atoms with E-state index in [9.17, 15) is 0 Å². The molecule has 0 radical (unpaired) electrons. The van der Waals surface area contributed by atoms with Crippen molar-refractivity contribution in [2.45, 2.75) is 0 Å². The van der Waals surface area contributed by atoms with E-state index < -0.39 is 0 Å². The Morgan fingerprint density at radius 3 is 1.60 bits per heavy atom. The van der Waals surface area contributed by atoms with Crippen LogP contribution in [-0.2, 0) is 0 Å². The maximum atomic E-state index is 2.28. The zero-order valence-electron chi connectivity index (χ0n) is 2.28. The molecule has 0 heterocycles. The van der Waals surface area contributed by atoms with Crippen molar-refractivity contribution in [1.29, 1.82) is 0 Å². The first-order valence-electron chi connectivity index (χ1n) is 0.886. The van der Waals surface area contributed by atoms with Gasteiger partial charge in [-0.3, -0.25) is 0 Å². The molecule has 4 heteroatoms. The third kappa shape index (κ3) is 6.16. The van der Waals surface area contributed by atoms with Crippen LogP contribution in [-0.4, -0.2) is 5.08 Å². The third-order valence-electron chi connectivity index (χ3n) is 0.0891. The summed E-state index contributed by atoms with van der Waals surface area (Å²) < 4.78 is 0. The van der Waals surface area contributed by atoms with Crippen LogP contribution in [0.3, 0.4) is 0 Å². The van der Waals surface area contributed by atoms with Crippen LogP contribution >= 0.6 is 60.3 Å². The molecule has 32 valence electrons. The lowest BCUT2D eigenvalue weighted by Gasteiger charge is -1.75. The fraction of sp³-hybridized carbons (Fsp3) is 1.00. The molecule has 0 aromatic rings. The summed E-state index contributed by atoms with van der Waals surface area (Å²) in [7, 11) is 3.65. The van der Waals surface area contributed by atoms with Crippen LogP contribution in [0.15, 0.2) is 0 Å². The summed E-state index contributed by atoms with van der Waals surface area (Å²) in [4.78, 5) is 0. The summed E-state index contributed by atoms with van der Waals surface area (Å²) in [5.74, 6) is 0. The third-order valence-corrected chi connectivity index (χ3v) is 5.38. The van der Waals surface area contributed by atoms with Crippen LogP contribution in [0.1, 0.15) is 0 Å². The maximum Gasteiger partial charge on any atom is 0.0593 e. The summed E-state index contributed by atoms with van der Waals surface area (Å²) in [6.07, 6.45) is 0. The van der Waals surface area contributed by atoms with Gasteiger partial charge in [-0.2, -0.15) is 0 Å². The van der Waals surface area contributed by atoms with Crippen molar-refractivity contribution in [3.8, 4) is 0 Å². The number of rotatable bonds is 2. The molecule has 0 aromatic carbocycles. The van der Waals surface area contributed by atoms with E-state index in [1.165, 1.54) is 5.08 Å². The van der Waals surface area contributed by atoms with E-state index in [1.54, 1.807) is 0 Å². The van der Waals surface area contributed by atoms with Gasteiger partial charge in [0.2, 0.25) is 0 Å². The molecule has 0 atom stereocenters. The Morgan fingerprint density at radius 2 is 1.60 bits per heavy atom. The summed E-state index contributed by atoms with van der Waals surface area (Å²) in [5.41, 5.74) is 0. The highest BCUT2D eigenvalue weighted by atomic mass is 127. The summed E-state index contributed by atoms with van der Waals surface area (Å²) in [6, 6.07) is 0. The van der Waals surface area contributed by atoms with E-state index in [0.29, 0.717) is 0 Å². The van der Waals surface area contributed by atoms with Gasteiger partial charge in [0.1, 0.15) is 0 Å². The molecule has 0 nitrogen and oxygen atoms in total. The van der Waals surface area contributed by atoms with Crippen LogP contribution in [0.5, 0.6) is 0 Å². The molecular weight excluding hydrogens is 330 g/mol. The minimum atomic E-state index is 1.20. The summed E-state index contributed by atoms with van der Waals surface area (Å²) >= 11 is 4.56. The van der Waals surface area contributed by atoms with Gasteiger partial charge in [0.15, 0.2) is 0 Å². The minimum Gasteiger partial charge on any atom is -0.0776 e. The van der Waals surface area contributed by atoms with Gasteiger partial charge >= 0.3 is 0 Å². The van der Waals surface area contributed by atoms with Crippen molar-refractivity contribution < 1.29 is 0 Å². The van der Waals surface area contributed by atoms with E-state index in [1.807, 2.05) is 17.9 Å². The van der Waals surface area contributed by atoms with E-state index in [-0.39, 0.29) is 0 Å². The molecule has 0 amide bonds. The van der Waals surface area contributed by atoms with Crippen LogP contribution in [0, 0.1) is 0 Å². The van der Waals surface area contributed by atoms with Gasteiger partial charge in [-0.1, -0.05) is 17.9 Å². The van der Waals surface area contributed by atoms with Gasteiger partial charge in [0, 0.05) is 0 Å². The predicted molar refractivity (Wildman–Crippen MR) is 48.1 cm³/mol. The minimum absolute atomic E-state index is 1.20. The largest absolute Gasteiger partial charge is 0.0776 e. The molecule has 0 aliphatic heterocycles. The summed E-state index contributed by atoms with van der Waals surface area (Å²) in [5, 5.41) is 1.20. The predicted octanol–water partition coefficient (Wildman–Crippen LogP) is 3.11. The maximum absolute atomic E-state index is 2.28. The van der Waals surface area contributed by atoms with Gasteiger partial charge in [-0.15, -0.1) is 0 Å². The van der Waals surface area contributed by atoms with Gasteiger partial charge in [0.05, 0.1) is 5.08 Å². The Bertz CT molecular complexity index is 15.1. The SMILES string of the molecule is ISCSI. The number of hydrogen-bond acceptors (Lipinski definition) is 2. The Hall–Kier alpha value is 2.16. The highest BCUT2D eigenvalue weighted by Crippen LogP contribution is 2.22. The number of halogens is 2. The lowest BCUT2D eigenvalue weighted by atomic mass is 11.9. The topological polar surface area (TPSA) is 0 Å². The van der Waals surface area contributed by atoms with E-state index >= 15 is 0 Å². The van der Waals surface area contributed by atoms with E-state index in [0.717, 1.165) is 0 Å². The lowest BCUT2D eigenvalue weighted by Crippen LogP contribution is -1.42. The molecule has 0 bridgehead atoms. The molecular formula is CH2I2S2. The Labute approximate surface area is 64.4 Å². The highest BCUT2D eigenvalue weighted by molar-refractivity contribution is 14.2. The van der Waals surface area contributed by atoms with Crippen molar-refractivity contribution in [3.05, 3.63) is 0 Å². The van der Waals surface area contributed by atoms with E-state index in [4.69, 9.17) is 0 Å². The van der Waals surface area contributed by atoms with Crippen molar-refractivity contribution in [3.63, 3.8) is 0 Å². The first-order chi connectivity index (χ1) is 2.41. The molecule has 0 aliphatic carbocycles. The summed E-state index contributed by atoms with van der Waals surface area (Å²) in [6.45, 7) is 0. The van der Waals surface area contributed by atoms with E-state index in [2.05, 4.69) is 42.4 Å². The average Bonchev–Trinajstić information content (AvgIpc) is 1.41. The first kappa shape index (κ1) is 7.16. The zero-order valence-corrected chi connectivity index (χ0v) is 8.23. The Kier molecular flexibility index (Phi) is 8.82. The Morgan fingerprint density at radius 1 is 1.20 bits per heavy atom. The second kappa shape index (κ2) is 6.16. The van der Waals surface area contributed by atoms with Crippen molar-refractivity contribution in [2.75, 3.05) is 5.08 Å². The molecule has 0 rings (SSSR count). The van der Waals surface area contributed by atoms with Crippen LogP contribution in [0.25, 0.3) is 0 Å². The van der Waals surface area contributed by atoms with Gasteiger partial charge in [0.25, 0.3) is 0 Å². The monoisotopic (exact) mass is 332 g/mol. The molecule has 0 unspecified atom stereocenters. The number of hydrogen-bond donors (Lipinski definition) is 0. The van der Waals surface area contributed by atoms with Gasteiger partial charge in [-0.25, -0.2) is 0 Å². The smallest absolute Gasteiger partial charge is 0.0593 e. The second-order valence-corrected chi connectivity index (χ2v) is 5.45. The molecule has 0 N–H and O–H groups in total. The fourth-order valence-corrected chi connectivity index (χ4v) is 6.82. The standard InChI is InChI=1S/CH2I2S2/c2-4-1-5-3/h1H2. The second-order valence-electron chi connectivity index (χ2n) is 0.336. The molecule has 0 aliphatic rings. The molecule has 0 spiro atoms.